The summed E-state index contributed by atoms with van der Waals surface area (Å²) in [6, 6.07) is 2.91. The molecule has 1 amide bonds. The van der Waals surface area contributed by atoms with Gasteiger partial charge < -0.3 is 9.64 Å². The number of hydrogen-bond acceptors (Lipinski definition) is 3. The summed E-state index contributed by atoms with van der Waals surface area (Å²) in [5.41, 5.74) is 0.688. The highest BCUT2D eigenvalue weighted by Gasteiger charge is 2.32. The van der Waals surface area contributed by atoms with Crippen LogP contribution in [0.5, 0.6) is 0 Å². The van der Waals surface area contributed by atoms with Crippen LogP contribution in [0.1, 0.15) is 41.6 Å². The van der Waals surface area contributed by atoms with Crippen LogP contribution in [0.4, 0.5) is 4.39 Å². The third-order valence-corrected chi connectivity index (χ3v) is 3.44. The maximum Gasteiger partial charge on any atom is 0.325 e. The van der Waals surface area contributed by atoms with Crippen molar-refractivity contribution >= 4 is 25.2 Å². The Kier molecular flexibility index (Phi) is 4.65. The molecule has 0 aliphatic heterocycles. The summed E-state index contributed by atoms with van der Waals surface area (Å²) in [4.78, 5) is 25.1. The zero-order valence-electron chi connectivity index (χ0n) is 12.2. The van der Waals surface area contributed by atoms with Gasteiger partial charge in [-0.25, -0.2) is 4.39 Å². The molecule has 0 bridgehead atoms. The summed E-state index contributed by atoms with van der Waals surface area (Å²) >= 11 is 0. The van der Waals surface area contributed by atoms with Crippen LogP contribution in [-0.4, -0.2) is 44.8 Å². The van der Waals surface area contributed by atoms with Crippen LogP contribution in [0.3, 0.4) is 0 Å². The monoisotopic (exact) mass is 289 g/mol. The van der Waals surface area contributed by atoms with Crippen molar-refractivity contribution in [1.82, 2.24) is 4.90 Å². The van der Waals surface area contributed by atoms with E-state index in [1.807, 2.05) is 0 Å². The lowest BCUT2D eigenvalue weighted by atomic mass is 9.89. The average Bonchev–Trinajstić information content (AvgIpc) is 3.25. The molecule has 110 valence electrons. The predicted molar refractivity (Wildman–Crippen MR) is 77.4 cm³/mol. The van der Waals surface area contributed by atoms with Crippen molar-refractivity contribution in [2.45, 2.75) is 25.7 Å². The second-order valence-electron chi connectivity index (χ2n) is 5.17. The van der Waals surface area contributed by atoms with E-state index in [1.165, 1.54) is 24.1 Å². The Morgan fingerprint density at radius 1 is 1.43 bits per heavy atom. The molecule has 4 nitrogen and oxygen atoms in total. The maximum absolute atomic E-state index is 14.2. The Morgan fingerprint density at radius 3 is 2.67 bits per heavy atom. The van der Waals surface area contributed by atoms with E-state index in [0.29, 0.717) is 5.56 Å². The molecule has 2 rings (SSSR count). The average molecular weight is 289 g/mol. The molecule has 0 unspecified atom stereocenters. The number of carbonyl (C=O) groups is 2. The van der Waals surface area contributed by atoms with Gasteiger partial charge in [-0.3, -0.25) is 9.59 Å². The lowest BCUT2D eigenvalue weighted by Gasteiger charge is -2.19. The quantitative estimate of drug-likeness (QED) is 0.603. The van der Waals surface area contributed by atoms with E-state index in [4.69, 9.17) is 12.6 Å². The molecule has 0 atom stereocenters. The Bertz CT molecular complexity index is 572. The Morgan fingerprint density at radius 2 is 2.10 bits per heavy atom. The SMILES string of the molecule is [B]c1ccc(C(=O)N(C)CC(=O)OCC)c(C2CC2)c1F. The van der Waals surface area contributed by atoms with Crippen LogP contribution >= 0.6 is 0 Å². The van der Waals surface area contributed by atoms with Gasteiger partial charge in [-0.05, 0) is 31.7 Å². The van der Waals surface area contributed by atoms with Gasteiger partial charge in [0, 0.05) is 18.2 Å². The largest absolute Gasteiger partial charge is 0.465 e. The van der Waals surface area contributed by atoms with Crippen molar-refractivity contribution in [3.8, 4) is 0 Å². The molecule has 1 saturated carbocycles. The van der Waals surface area contributed by atoms with Gasteiger partial charge in [-0.1, -0.05) is 11.5 Å². The van der Waals surface area contributed by atoms with Crippen LogP contribution in [0.2, 0.25) is 0 Å². The van der Waals surface area contributed by atoms with Crippen LogP contribution in [0, 0.1) is 5.82 Å². The van der Waals surface area contributed by atoms with Crippen LogP contribution < -0.4 is 5.46 Å². The third kappa shape index (κ3) is 3.43. The van der Waals surface area contributed by atoms with Gasteiger partial charge in [-0.15, -0.1) is 0 Å². The van der Waals surface area contributed by atoms with Gasteiger partial charge in [0.05, 0.1) is 6.61 Å². The zero-order valence-corrected chi connectivity index (χ0v) is 12.2. The number of nitrogens with zero attached hydrogens (tertiary/aromatic N) is 1. The fourth-order valence-corrected chi connectivity index (χ4v) is 2.25. The molecule has 0 aromatic heterocycles. The van der Waals surface area contributed by atoms with Crippen molar-refractivity contribution in [3.63, 3.8) is 0 Å². The first-order valence-corrected chi connectivity index (χ1v) is 6.94. The van der Waals surface area contributed by atoms with Crippen molar-refractivity contribution in [2.75, 3.05) is 20.2 Å². The van der Waals surface area contributed by atoms with Gasteiger partial charge in [0.25, 0.3) is 5.91 Å². The predicted octanol–water partition coefficient (Wildman–Crippen LogP) is 1.13. The van der Waals surface area contributed by atoms with E-state index < -0.39 is 17.7 Å². The first kappa shape index (κ1) is 15.5. The first-order chi connectivity index (χ1) is 9.95. The Hall–Kier alpha value is -1.85. The van der Waals surface area contributed by atoms with Gasteiger partial charge >= 0.3 is 5.97 Å². The summed E-state index contributed by atoms with van der Waals surface area (Å²) in [5, 5.41) is 0. The van der Waals surface area contributed by atoms with Crippen molar-refractivity contribution in [3.05, 3.63) is 29.1 Å². The van der Waals surface area contributed by atoms with Crippen LogP contribution in [0.15, 0.2) is 12.1 Å². The van der Waals surface area contributed by atoms with Gasteiger partial charge in [0.2, 0.25) is 0 Å². The minimum Gasteiger partial charge on any atom is -0.465 e. The van der Waals surface area contributed by atoms with E-state index in [0.717, 1.165) is 12.8 Å². The highest BCUT2D eigenvalue weighted by Crippen LogP contribution is 2.42. The molecule has 0 saturated heterocycles. The molecule has 21 heavy (non-hydrogen) atoms. The molecule has 2 radical (unpaired) electrons. The number of carbonyl (C=O) groups excluding carboxylic acids is 2. The standard InChI is InChI=1S/C15H17BFNO3/c1-3-21-12(19)8-18(2)15(20)10-6-7-11(16)14(17)13(10)9-4-5-9/h6-7,9H,3-5,8H2,1-2H3. The molecule has 0 spiro atoms. The number of amides is 1. The number of benzene rings is 1. The second-order valence-corrected chi connectivity index (χ2v) is 5.17. The Balaban J connectivity index is 2.23. The molecular formula is C15H17BFNO3. The molecule has 1 fully saturated rings. The normalized spacial score (nSPS) is 13.9. The van der Waals surface area contributed by atoms with Crippen LogP contribution in [0.25, 0.3) is 0 Å². The molecule has 1 aliphatic rings. The van der Waals surface area contributed by atoms with E-state index in [9.17, 15) is 14.0 Å². The Labute approximate surface area is 124 Å². The third-order valence-electron chi connectivity index (χ3n) is 3.44. The summed E-state index contributed by atoms with van der Waals surface area (Å²) in [6.45, 7) is 1.79. The molecule has 1 aliphatic carbocycles. The van der Waals surface area contributed by atoms with Crippen molar-refractivity contribution < 1.29 is 18.7 Å². The number of esters is 1. The molecule has 1 aromatic carbocycles. The maximum atomic E-state index is 14.2. The summed E-state index contributed by atoms with van der Waals surface area (Å²) in [7, 11) is 7.07. The number of ether oxygens (including phenoxy) is 1. The number of rotatable bonds is 5. The number of likely N-dealkylation sites (N-methyl/N-ethyl adjacent to an activating group) is 1. The minimum absolute atomic E-state index is 0.0431. The van der Waals surface area contributed by atoms with Gasteiger partial charge in [0.1, 0.15) is 20.2 Å². The number of halogens is 1. The van der Waals surface area contributed by atoms with Gasteiger partial charge in [-0.2, -0.15) is 0 Å². The highest BCUT2D eigenvalue weighted by molar-refractivity contribution is 6.32. The topological polar surface area (TPSA) is 46.6 Å². The fourth-order valence-electron chi connectivity index (χ4n) is 2.25. The van der Waals surface area contributed by atoms with Gasteiger partial charge in [0.15, 0.2) is 0 Å². The summed E-state index contributed by atoms with van der Waals surface area (Å²) < 4.78 is 19.0. The summed E-state index contributed by atoms with van der Waals surface area (Å²) in [6.07, 6.45) is 1.70. The van der Waals surface area contributed by atoms with Crippen molar-refractivity contribution in [1.29, 1.82) is 0 Å². The molecular weight excluding hydrogens is 272 g/mol. The number of hydrogen-bond donors (Lipinski definition) is 0. The van der Waals surface area contributed by atoms with E-state index in [2.05, 4.69) is 0 Å². The van der Waals surface area contributed by atoms with E-state index in [1.54, 1.807) is 6.92 Å². The van der Waals surface area contributed by atoms with Crippen LogP contribution in [-0.2, 0) is 9.53 Å². The van der Waals surface area contributed by atoms with Crippen molar-refractivity contribution in [2.24, 2.45) is 0 Å². The molecule has 6 heteroatoms. The molecule has 1 aromatic rings. The van der Waals surface area contributed by atoms with E-state index >= 15 is 0 Å². The fraction of sp³-hybridized carbons (Fsp3) is 0.467. The first-order valence-electron chi connectivity index (χ1n) is 6.94. The second kappa shape index (κ2) is 6.29. The highest BCUT2D eigenvalue weighted by atomic mass is 19.1. The minimum atomic E-state index is -0.520. The molecule has 0 N–H and O–H groups in total. The smallest absolute Gasteiger partial charge is 0.325 e. The molecule has 0 heterocycles. The lowest BCUT2D eigenvalue weighted by Crippen LogP contribution is -2.34. The zero-order chi connectivity index (χ0) is 15.6. The lowest BCUT2D eigenvalue weighted by molar-refractivity contribution is -0.143. The summed E-state index contributed by atoms with van der Waals surface area (Å²) in [5.74, 6) is -1.36. The van der Waals surface area contributed by atoms with E-state index in [-0.39, 0.29) is 30.1 Å².